The van der Waals surface area contributed by atoms with Gasteiger partial charge in [0.1, 0.15) is 0 Å². The Bertz CT molecular complexity index is 794. The molecule has 1 unspecified atom stereocenters. The third kappa shape index (κ3) is 4.09. The summed E-state index contributed by atoms with van der Waals surface area (Å²) in [4.78, 5) is 17.4. The van der Waals surface area contributed by atoms with E-state index < -0.39 is 20.2 Å². The second-order valence-corrected chi connectivity index (χ2v) is 12.2. The van der Waals surface area contributed by atoms with Gasteiger partial charge >= 0.3 is 0 Å². The minimum atomic E-state index is -3.53. The molecule has 0 aliphatic carbocycles. The van der Waals surface area contributed by atoms with Gasteiger partial charge in [0.15, 0.2) is 5.25 Å². The fraction of sp³-hybridized carbons (Fsp3) is 0.696. The van der Waals surface area contributed by atoms with E-state index >= 15 is 0 Å². The Morgan fingerprint density at radius 1 is 1.17 bits per heavy atom. The van der Waals surface area contributed by atoms with Crippen molar-refractivity contribution in [2.24, 2.45) is 5.92 Å². The topological polar surface area (TPSA) is 72.9 Å². The van der Waals surface area contributed by atoms with Crippen LogP contribution < -0.4 is 0 Å². The number of benzene rings is 1. The van der Waals surface area contributed by atoms with Crippen molar-refractivity contribution in [3.63, 3.8) is 0 Å². The van der Waals surface area contributed by atoms with Crippen molar-refractivity contribution in [2.75, 3.05) is 39.4 Å². The third-order valence-corrected chi connectivity index (χ3v) is 10.0. The highest BCUT2D eigenvalue weighted by Crippen LogP contribution is 2.41. The molecule has 6 nitrogen and oxygen atoms in total. The molecule has 4 rings (SSSR count). The number of aryl methyl sites for hydroxylation is 1. The summed E-state index contributed by atoms with van der Waals surface area (Å²) in [7, 11) is -3.53. The average Bonchev–Trinajstić information content (AvgIpc) is 3.17. The molecule has 30 heavy (non-hydrogen) atoms. The molecule has 0 aromatic heterocycles. The lowest BCUT2D eigenvalue weighted by molar-refractivity contribution is -0.137. The van der Waals surface area contributed by atoms with E-state index in [1.807, 2.05) is 23.1 Å². The normalized spacial score (nSPS) is 32.4. The molecule has 0 saturated carbocycles. The van der Waals surface area contributed by atoms with Crippen LogP contribution in [-0.4, -0.2) is 75.7 Å². The van der Waals surface area contributed by atoms with Crippen LogP contribution in [-0.2, 0) is 30.4 Å². The molecule has 1 aromatic carbocycles. The van der Waals surface area contributed by atoms with Crippen LogP contribution in [0, 0.1) is 5.92 Å². The molecule has 166 valence electrons. The molecular weight excluding hydrogens is 400 g/mol. The van der Waals surface area contributed by atoms with Crippen molar-refractivity contribution in [3.8, 4) is 0 Å². The number of nitrogens with zero attached hydrogens (tertiary/aromatic N) is 2. The fourth-order valence-electron chi connectivity index (χ4n) is 5.19. The summed E-state index contributed by atoms with van der Waals surface area (Å²) in [5.41, 5.74) is 1.30. The quantitative estimate of drug-likeness (QED) is 0.643. The zero-order valence-electron chi connectivity index (χ0n) is 18.1. The van der Waals surface area contributed by atoms with E-state index in [-0.39, 0.29) is 11.9 Å². The van der Waals surface area contributed by atoms with E-state index in [9.17, 15) is 13.6 Å². The third-order valence-electron chi connectivity index (χ3n) is 7.18. The van der Waals surface area contributed by atoms with Crippen molar-refractivity contribution in [3.05, 3.63) is 35.9 Å². The van der Waals surface area contributed by atoms with Crippen molar-refractivity contribution in [1.29, 1.82) is 0 Å². The summed E-state index contributed by atoms with van der Waals surface area (Å²) in [5.74, 6) is 0.175. The number of hydrogen-bond donors (Lipinski definition) is 0. The Hall–Kier alpha value is -1.28. The summed E-state index contributed by atoms with van der Waals surface area (Å²) >= 11 is 0. The first-order valence-electron chi connectivity index (χ1n) is 11.2. The summed E-state index contributed by atoms with van der Waals surface area (Å²) in [6, 6.07) is 10.2. The molecule has 3 fully saturated rings. The molecule has 1 aromatic rings. The van der Waals surface area contributed by atoms with Crippen LogP contribution >= 0.6 is 0 Å². The minimum absolute atomic E-state index is 0.221. The van der Waals surface area contributed by atoms with Crippen LogP contribution in [0.4, 0.5) is 0 Å². The molecule has 3 atom stereocenters. The van der Waals surface area contributed by atoms with E-state index in [0.717, 1.165) is 45.4 Å². The highest BCUT2D eigenvalue weighted by atomic mass is 32.3. The van der Waals surface area contributed by atoms with E-state index in [0.29, 0.717) is 25.6 Å². The van der Waals surface area contributed by atoms with Crippen LogP contribution in [0.25, 0.3) is 0 Å². The lowest BCUT2D eigenvalue weighted by Gasteiger charge is -2.48. The van der Waals surface area contributed by atoms with Gasteiger partial charge in [-0.2, -0.15) is 0 Å². The maximum Gasteiger partial charge on any atom is 0.278 e. The van der Waals surface area contributed by atoms with Gasteiger partial charge in [0.25, 0.3) is 5.91 Å². The number of ether oxygens (including phenoxy) is 1. The smallest absolute Gasteiger partial charge is 0.278 e. The van der Waals surface area contributed by atoms with Gasteiger partial charge in [-0.05, 0) is 57.6 Å². The molecule has 0 radical (unpaired) electrons. The van der Waals surface area contributed by atoms with E-state index in [1.165, 1.54) is 5.56 Å². The molecule has 7 heteroatoms. The number of carbonyl (C=O) groups excluding carboxylic acids is 1. The maximum atomic E-state index is 13.3. The average molecular weight is 435 g/mol. The maximum absolute atomic E-state index is 13.3. The fourth-order valence-corrected chi connectivity index (χ4v) is 7.36. The first kappa shape index (κ1) is 21.9. The zero-order chi connectivity index (χ0) is 21.4. The number of fused-ring (bicyclic) bond motifs is 1. The molecule has 0 spiro atoms. The summed E-state index contributed by atoms with van der Waals surface area (Å²) in [6.07, 6.45) is 3.85. The minimum Gasteiger partial charge on any atom is -0.614 e. The predicted molar refractivity (Wildman–Crippen MR) is 117 cm³/mol. The Balaban J connectivity index is 1.46. The first-order valence-corrected chi connectivity index (χ1v) is 12.7. The lowest BCUT2D eigenvalue weighted by Crippen LogP contribution is -2.68. The molecule has 3 heterocycles. The van der Waals surface area contributed by atoms with Gasteiger partial charge in [0.05, 0.1) is 16.3 Å². The van der Waals surface area contributed by atoms with E-state index in [2.05, 4.69) is 17.0 Å². The molecule has 3 aliphatic rings. The monoisotopic (exact) mass is 434 g/mol. The molecular formula is C23H34N2O4S. The Morgan fingerprint density at radius 2 is 1.87 bits per heavy atom. The summed E-state index contributed by atoms with van der Waals surface area (Å²) in [6.45, 7) is 7.35. The van der Waals surface area contributed by atoms with Crippen LogP contribution in [0.1, 0.15) is 38.7 Å². The van der Waals surface area contributed by atoms with Crippen LogP contribution in [0.5, 0.6) is 0 Å². The number of rotatable bonds is 6. The standard InChI is InChI=1S/C23H34N2O4S/c1-23(2)22(26)25(15-19-10-13-29-14-11-19)20-16-24(17-21(20)30(23,27)28)12-6-9-18-7-4-3-5-8-18/h3-5,7-8,19-21H,6,9-17H2,1-2H3/t20-,21-/m0/s1. The van der Waals surface area contributed by atoms with Crippen molar-refractivity contribution >= 4 is 16.1 Å². The highest BCUT2D eigenvalue weighted by Gasteiger charge is 2.63. The molecule has 3 saturated heterocycles. The van der Waals surface area contributed by atoms with Gasteiger partial charge in [-0.3, -0.25) is 9.69 Å². The molecule has 0 N–H and O–H groups in total. The lowest BCUT2D eigenvalue weighted by atomic mass is 9.97. The highest BCUT2D eigenvalue weighted by molar-refractivity contribution is 8.00. The van der Waals surface area contributed by atoms with E-state index in [1.54, 1.807) is 13.8 Å². The Labute approximate surface area is 181 Å². The number of likely N-dealkylation sites (tertiary alicyclic amines) is 1. The summed E-state index contributed by atoms with van der Waals surface area (Å²) in [5, 5.41) is -0.484. The van der Waals surface area contributed by atoms with Crippen molar-refractivity contribution in [1.82, 2.24) is 9.80 Å². The van der Waals surface area contributed by atoms with Gasteiger partial charge in [0.2, 0.25) is 4.75 Å². The van der Waals surface area contributed by atoms with Gasteiger partial charge in [-0.15, -0.1) is 4.21 Å². The van der Waals surface area contributed by atoms with Crippen molar-refractivity contribution < 1.29 is 18.3 Å². The van der Waals surface area contributed by atoms with Gasteiger partial charge in [-0.1, -0.05) is 30.3 Å². The zero-order valence-corrected chi connectivity index (χ0v) is 18.9. The second-order valence-electron chi connectivity index (χ2n) is 9.52. The SMILES string of the molecule is CC1(C)C(=O)N(CC2CCOCC2)[C@H]2CN(CCCc3ccccc3)C[C@@H]2[S+]1(=O)[O-]. The van der Waals surface area contributed by atoms with Crippen LogP contribution in [0.2, 0.25) is 0 Å². The van der Waals surface area contributed by atoms with Gasteiger partial charge < -0.3 is 14.2 Å². The van der Waals surface area contributed by atoms with E-state index in [4.69, 9.17) is 4.74 Å². The van der Waals surface area contributed by atoms with Gasteiger partial charge in [0, 0.05) is 32.8 Å². The Morgan fingerprint density at radius 3 is 2.57 bits per heavy atom. The number of amides is 1. The molecule has 3 aliphatic heterocycles. The molecule has 0 bridgehead atoms. The predicted octanol–water partition coefficient (Wildman–Crippen LogP) is 2.35. The first-order chi connectivity index (χ1) is 14.3. The van der Waals surface area contributed by atoms with Gasteiger partial charge in [-0.25, -0.2) is 0 Å². The number of carbonyl (C=O) groups is 1. The number of sulfone groups is 1. The summed E-state index contributed by atoms with van der Waals surface area (Å²) < 4.78 is 30.7. The number of hydrogen-bond acceptors (Lipinski definition) is 5. The molecule has 1 amide bonds. The van der Waals surface area contributed by atoms with Crippen molar-refractivity contribution in [2.45, 2.75) is 55.6 Å². The van der Waals surface area contributed by atoms with Crippen LogP contribution in [0.15, 0.2) is 30.3 Å². The Kier molecular flexibility index (Phi) is 6.35. The largest absolute Gasteiger partial charge is 0.614 e. The van der Waals surface area contributed by atoms with Crippen LogP contribution in [0.3, 0.4) is 0 Å². The second kappa shape index (κ2) is 8.69.